The molecule has 1 aromatic rings. The molecule has 6 heteroatoms. The van der Waals surface area contributed by atoms with Gasteiger partial charge in [-0.1, -0.05) is 0 Å². The first-order chi connectivity index (χ1) is 7.08. The van der Waals surface area contributed by atoms with Gasteiger partial charge in [0.15, 0.2) is 0 Å². The highest BCUT2D eigenvalue weighted by molar-refractivity contribution is 14.1. The van der Waals surface area contributed by atoms with Crippen LogP contribution in [0.3, 0.4) is 0 Å². The summed E-state index contributed by atoms with van der Waals surface area (Å²) in [6, 6.07) is 0. The third-order valence-corrected chi connectivity index (χ3v) is 3.09. The van der Waals surface area contributed by atoms with Crippen molar-refractivity contribution in [3.05, 3.63) is 37.5 Å². The SMILES string of the molecule is [CH2]C1CCC(n2cc(I)c(=O)[nH]c2=O)O1. The van der Waals surface area contributed by atoms with Crippen LogP contribution >= 0.6 is 22.6 Å². The number of hydrogen-bond acceptors (Lipinski definition) is 3. The van der Waals surface area contributed by atoms with Gasteiger partial charge in [0, 0.05) is 6.20 Å². The molecule has 81 valence electrons. The monoisotopic (exact) mass is 321 g/mol. The highest BCUT2D eigenvalue weighted by Gasteiger charge is 2.24. The molecule has 1 N–H and O–H groups in total. The van der Waals surface area contributed by atoms with E-state index in [-0.39, 0.29) is 17.9 Å². The summed E-state index contributed by atoms with van der Waals surface area (Å²) in [5, 5.41) is 0. The second-order valence-electron chi connectivity index (χ2n) is 3.43. The molecule has 2 rings (SSSR count). The first kappa shape index (κ1) is 10.9. The van der Waals surface area contributed by atoms with E-state index in [2.05, 4.69) is 11.9 Å². The normalized spacial score (nSPS) is 25.7. The maximum Gasteiger partial charge on any atom is 0.330 e. The van der Waals surface area contributed by atoms with Gasteiger partial charge in [0.2, 0.25) is 0 Å². The maximum absolute atomic E-state index is 11.5. The van der Waals surface area contributed by atoms with Crippen LogP contribution < -0.4 is 11.2 Å². The maximum atomic E-state index is 11.5. The average molecular weight is 321 g/mol. The van der Waals surface area contributed by atoms with E-state index in [1.165, 1.54) is 10.8 Å². The Morgan fingerprint density at radius 3 is 2.87 bits per heavy atom. The minimum Gasteiger partial charge on any atom is -0.355 e. The van der Waals surface area contributed by atoms with E-state index in [9.17, 15) is 9.59 Å². The zero-order chi connectivity index (χ0) is 11.0. The molecule has 1 aromatic heterocycles. The summed E-state index contributed by atoms with van der Waals surface area (Å²) in [6.45, 7) is 3.77. The number of halogens is 1. The Hall–Kier alpha value is -0.630. The standard InChI is InChI=1S/C9H10IN2O3/c1-5-2-3-7(15-5)12-4-6(10)8(13)11-9(12)14/h4-5,7H,1-3H2,(H,11,13,14). The fourth-order valence-electron chi connectivity index (χ4n) is 1.57. The van der Waals surface area contributed by atoms with Gasteiger partial charge >= 0.3 is 5.69 Å². The van der Waals surface area contributed by atoms with Crippen LogP contribution in [-0.4, -0.2) is 15.7 Å². The molecule has 1 aliphatic rings. The van der Waals surface area contributed by atoms with Crippen molar-refractivity contribution in [2.45, 2.75) is 25.2 Å². The molecule has 0 saturated carbocycles. The van der Waals surface area contributed by atoms with Crippen LogP contribution in [0.4, 0.5) is 0 Å². The Bertz CT molecular complexity index is 479. The molecule has 1 fully saturated rings. The van der Waals surface area contributed by atoms with Crippen LogP contribution in [0.15, 0.2) is 15.8 Å². The van der Waals surface area contributed by atoms with Gasteiger partial charge in [0.05, 0.1) is 9.67 Å². The molecule has 0 amide bonds. The Balaban J connectivity index is 2.41. The van der Waals surface area contributed by atoms with E-state index in [1.54, 1.807) is 0 Å². The van der Waals surface area contributed by atoms with Crippen molar-refractivity contribution in [2.75, 3.05) is 0 Å². The number of H-pyrrole nitrogens is 1. The zero-order valence-electron chi connectivity index (χ0n) is 7.90. The van der Waals surface area contributed by atoms with Crippen LogP contribution in [-0.2, 0) is 4.74 Å². The van der Waals surface area contributed by atoms with Gasteiger partial charge in [-0.15, -0.1) is 0 Å². The summed E-state index contributed by atoms with van der Waals surface area (Å²) in [6.07, 6.45) is 2.71. The predicted molar refractivity (Wildman–Crippen MR) is 62.5 cm³/mol. The second-order valence-corrected chi connectivity index (χ2v) is 4.60. The van der Waals surface area contributed by atoms with Gasteiger partial charge in [-0.25, -0.2) is 4.79 Å². The Labute approximate surface area is 99.6 Å². The minimum absolute atomic E-state index is 0.0773. The summed E-state index contributed by atoms with van der Waals surface area (Å²) in [5.41, 5.74) is -0.791. The van der Waals surface area contributed by atoms with Crippen LogP contribution in [0.5, 0.6) is 0 Å². The highest BCUT2D eigenvalue weighted by Crippen LogP contribution is 2.26. The van der Waals surface area contributed by atoms with Gasteiger partial charge in [0.1, 0.15) is 6.23 Å². The van der Waals surface area contributed by atoms with E-state index < -0.39 is 5.69 Å². The molecule has 1 radical (unpaired) electrons. The summed E-state index contributed by atoms with van der Waals surface area (Å²) < 4.78 is 7.34. The fraction of sp³-hybridized carbons (Fsp3) is 0.444. The third kappa shape index (κ3) is 2.15. The number of nitrogens with zero attached hydrogens (tertiary/aromatic N) is 1. The second kappa shape index (κ2) is 4.09. The zero-order valence-corrected chi connectivity index (χ0v) is 10.1. The predicted octanol–water partition coefficient (Wildman–Crippen LogP) is 0.653. The summed E-state index contributed by atoms with van der Waals surface area (Å²) in [4.78, 5) is 24.9. The lowest BCUT2D eigenvalue weighted by Crippen LogP contribution is -2.33. The molecule has 1 saturated heterocycles. The van der Waals surface area contributed by atoms with Gasteiger partial charge in [-0.2, -0.15) is 0 Å². The molecule has 5 nitrogen and oxygen atoms in total. The van der Waals surface area contributed by atoms with E-state index in [1.807, 2.05) is 22.6 Å². The summed E-state index contributed by atoms with van der Waals surface area (Å²) in [5.74, 6) is 0. The quantitative estimate of drug-likeness (QED) is 0.773. The first-order valence-corrected chi connectivity index (χ1v) is 5.65. The molecule has 0 aliphatic carbocycles. The van der Waals surface area contributed by atoms with Crippen LogP contribution in [0, 0.1) is 10.5 Å². The van der Waals surface area contributed by atoms with Crippen molar-refractivity contribution in [2.24, 2.45) is 0 Å². The number of aromatic amines is 1. The molecule has 15 heavy (non-hydrogen) atoms. The van der Waals surface area contributed by atoms with Crippen LogP contribution in [0.25, 0.3) is 0 Å². The van der Waals surface area contributed by atoms with Gasteiger partial charge in [-0.3, -0.25) is 14.3 Å². The van der Waals surface area contributed by atoms with Crippen LogP contribution in [0.1, 0.15) is 19.1 Å². The molecule has 2 atom stereocenters. The van der Waals surface area contributed by atoms with E-state index in [4.69, 9.17) is 4.74 Å². The highest BCUT2D eigenvalue weighted by atomic mass is 127. The molecule has 0 spiro atoms. The Kier molecular flexibility index (Phi) is 2.96. The number of rotatable bonds is 1. The minimum atomic E-state index is -0.431. The smallest absolute Gasteiger partial charge is 0.330 e. The lowest BCUT2D eigenvalue weighted by molar-refractivity contribution is 0.0189. The number of aromatic nitrogens is 2. The molecular weight excluding hydrogens is 311 g/mol. The molecule has 1 aliphatic heterocycles. The lowest BCUT2D eigenvalue weighted by Gasteiger charge is -2.13. The van der Waals surface area contributed by atoms with Crippen molar-refractivity contribution >= 4 is 22.6 Å². The van der Waals surface area contributed by atoms with Crippen molar-refractivity contribution in [3.8, 4) is 0 Å². The van der Waals surface area contributed by atoms with Crippen LogP contribution in [0.2, 0.25) is 0 Å². The van der Waals surface area contributed by atoms with Gasteiger partial charge < -0.3 is 4.74 Å². The van der Waals surface area contributed by atoms with Gasteiger partial charge in [0.25, 0.3) is 5.56 Å². The van der Waals surface area contributed by atoms with Crippen molar-refractivity contribution < 1.29 is 4.74 Å². The molecule has 0 bridgehead atoms. The number of nitrogens with one attached hydrogen (secondary N) is 1. The van der Waals surface area contributed by atoms with E-state index in [0.717, 1.165) is 12.8 Å². The van der Waals surface area contributed by atoms with Crippen molar-refractivity contribution in [3.63, 3.8) is 0 Å². The molecule has 0 aromatic carbocycles. The average Bonchev–Trinajstić information content (AvgIpc) is 2.58. The Morgan fingerprint density at radius 2 is 2.27 bits per heavy atom. The molecule has 2 heterocycles. The Morgan fingerprint density at radius 1 is 1.53 bits per heavy atom. The molecule has 2 unspecified atom stereocenters. The van der Waals surface area contributed by atoms with Crippen molar-refractivity contribution in [1.29, 1.82) is 0 Å². The number of hydrogen-bond donors (Lipinski definition) is 1. The summed E-state index contributed by atoms with van der Waals surface area (Å²) in [7, 11) is 0. The van der Waals surface area contributed by atoms with E-state index in [0.29, 0.717) is 3.57 Å². The number of ether oxygens (including phenoxy) is 1. The van der Waals surface area contributed by atoms with Crippen molar-refractivity contribution in [1.82, 2.24) is 9.55 Å². The largest absolute Gasteiger partial charge is 0.355 e. The van der Waals surface area contributed by atoms with E-state index >= 15 is 0 Å². The summed E-state index contributed by atoms with van der Waals surface area (Å²) >= 11 is 1.88. The third-order valence-electron chi connectivity index (χ3n) is 2.32. The van der Waals surface area contributed by atoms with Gasteiger partial charge in [-0.05, 0) is 42.4 Å². The fourth-order valence-corrected chi connectivity index (χ4v) is 2.00. The first-order valence-electron chi connectivity index (χ1n) is 4.57. The molecular formula is C9H10IN2O3. The lowest BCUT2D eigenvalue weighted by atomic mass is 10.2. The topological polar surface area (TPSA) is 64.1 Å².